The summed E-state index contributed by atoms with van der Waals surface area (Å²) >= 11 is 0. The van der Waals surface area contributed by atoms with E-state index in [1.807, 2.05) is 6.07 Å². The van der Waals surface area contributed by atoms with E-state index in [1.165, 1.54) is 43.2 Å². The molecule has 0 saturated heterocycles. The average Bonchev–Trinajstić information content (AvgIpc) is 3.57. The minimum absolute atomic E-state index is 0.0131. The Morgan fingerprint density at radius 1 is 0.692 bits per heavy atom. The molecule has 0 spiro atoms. The zero-order chi connectivity index (χ0) is 37.2. The van der Waals surface area contributed by atoms with E-state index in [-0.39, 0.29) is 57.7 Å². The molecule has 5 aromatic rings. The lowest BCUT2D eigenvalue weighted by Gasteiger charge is -2.23. The topological polar surface area (TPSA) is 143 Å². The Kier molecular flexibility index (Phi) is 10.1. The molecule has 6 rings (SSSR count). The molecule has 0 unspecified atom stereocenters. The van der Waals surface area contributed by atoms with Crippen molar-refractivity contribution in [2.45, 2.75) is 50.3 Å². The van der Waals surface area contributed by atoms with E-state index in [9.17, 15) is 26.4 Å². The molecule has 1 aliphatic rings. The van der Waals surface area contributed by atoms with Gasteiger partial charge >= 0.3 is 26.2 Å². The molecule has 0 aromatic heterocycles. The molecule has 1 amide bonds. The third kappa shape index (κ3) is 7.51. The highest BCUT2D eigenvalue weighted by atomic mass is 32.2. The molecule has 1 heterocycles. The van der Waals surface area contributed by atoms with Gasteiger partial charge in [-0.05, 0) is 67.8 Å². The molecule has 0 saturated carbocycles. The first kappa shape index (κ1) is 36.1. The Bertz CT molecular complexity index is 2380. The van der Waals surface area contributed by atoms with Crippen LogP contribution in [0.15, 0.2) is 113 Å². The second-order valence-corrected chi connectivity index (χ2v) is 15.4. The van der Waals surface area contributed by atoms with E-state index < -0.39 is 37.9 Å². The van der Waals surface area contributed by atoms with Gasteiger partial charge in [-0.2, -0.15) is 16.8 Å². The van der Waals surface area contributed by atoms with Gasteiger partial charge < -0.3 is 22.7 Å². The van der Waals surface area contributed by atoms with Crippen molar-refractivity contribution in [1.29, 1.82) is 0 Å². The highest BCUT2D eigenvalue weighted by Gasteiger charge is 2.35. The van der Waals surface area contributed by atoms with Crippen molar-refractivity contribution >= 4 is 32.1 Å². The number of carbonyl (C=O) groups excluding carboxylic acids is 2. The van der Waals surface area contributed by atoms with Gasteiger partial charge in [-0.3, -0.25) is 4.79 Å². The van der Waals surface area contributed by atoms with Gasteiger partial charge in [0.15, 0.2) is 11.5 Å². The van der Waals surface area contributed by atoms with Crippen molar-refractivity contribution in [2.75, 3.05) is 7.11 Å². The Hall–Kier alpha value is -5.66. The summed E-state index contributed by atoms with van der Waals surface area (Å²) in [6.45, 7) is 5.08. The molecule has 52 heavy (non-hydrogen) atoms. The maximum Gasteiger partial charge on any atom is 0.339 e. The van der Waals surface area contributed by atoms with Crippen LogP contribution < -0.4 is 13.1 Å². The van der Waals surface area contributed by atoms with Crippen molar-refractivity contribution in [3.8, 4) is 17.2 Å². The Morgan fingerprint density at radius 2 is 1.27 bits per heavy atom. The summed E-state index contributed by atoms with van der Waals surface area (Å²) in [7, 11) is -7.78. The second-order valence-electron chi connectivity index (χ2n) is 12.3. The number of ether oxygens (including phenoxy) is 2. The number of nitrogens with zero attached hydrogens (tertiary/aromatic N) is 1. The normalized spacial score (nSPS) is 12.6. The average molecular weight is 742 g/mol. The first-order valence-electron chi connectivity index (χ1n) is 16.1. The van der Waals surface area contributed by atoms with Crippen molar-refractivity contribution in [3.05, 3.63) is 148 Å². The van der Waals surface area contributed by atoms with Crippen molar-refractivity contribution < 1.29 is 44.3 Å². The first-order chi connectivity index (χ1) is 24.8. The van der Waals surface area contributed by atoms with Gasteiger partial charge in [-0.15, -0.1) is 0 Å². The number of hydrogen-bond acceptors (Lipinski definition) is 10. The van der Waals surface area contributed by atoms with Gasteiger partial charge in [-0.25, -0.2) is 4.79 Å². The van der Waals surface area contributed by atoms with Gasteiger partial charge in [0.05, 0.1) is 12.7 Å². The largest absolute Gasteiger partial charge is 0.487 e. The van der Waals surface area contributed by atoms with Gasteiger partial charge in [0.2, 0.25) is 0 Å². The van der Waals surface area contributed by atoms with Crippen LogP contribution in [0.25, 0.3) is 0 Å². The molecule has 0 fully saturated rings. The zero-order valence-electron chi connectivity index (χ0n) is 28.8. The molecular weight excluding hydrogens is 707 g/mol. The molecule has 0 bridgehead atoms. The van der Waals surface area contributed by atoms with Crippen LogP contribution in [-0.2, 0) is 44.7 Å². The molecule has 0 aliphatic carbocycles. The fourth-order valence-electron chi connectivity index (χ4n) is 5.74. The van der Waals surface area contributed by atoms with E-state index in [0.717, 1.165) is 17.2 Å². The molecule has 1 aliphatic heterocycles. The first-order valence-corrected chi connectivity index (χ1v) is 18.9. The van der Waals surface area contributed by atoms with Crippen LogP contribution in [0.5, 0.6) is 17.2 Å². The quantitative estimate of drug-likeness (QED) is 0.106. The minimum Gasteiger partial charge on any atom is -0.487 e. The molecule has 5 aromatic carbocycles. The van der Waals surface area contributed by atoms with Crippen LogP contribution in [0.3, 0.4) is 0 Å². The molecule has 268 valence electrons. The maximum atomic E-state index is 14.7. The number of fused-ring (bicyclic) bond motifs is 1. The van der Waals surface area contributed by atoms with Crippen LogP contribution in [0.1, 0.15) is 54.1 Å². The second kappa shape index (κ2) is 14.5. The van der Waals surface area contributed by atoms with Crippen molar-refractivity contribution in [1.82, 2.24) is 4.90 Å². The summed E-state index contributed by atoms with van der Waals surface area (Å²) < 4.78 is 77.2. The van der Waals surface area contributed by atoms with E-state index in [1.54, 1.807) is 80.6 Å². The highest BCUT2D eigenvalue weighted by molar-refractivity contribution is 7.87. The standard InChI is InChI=1S/C39H35NO10S2/c1-25-13-17-30(18-14-25)51(43,44)49-34-21-35(50-52(45,46)31-19-15-26(2)16-20-31)36(37(27(34)3)48-24-28-9-6-5-7-10-28)38(41)40-22-29-11-8-12-32(33(29)23-40)39(42)47-4/h5-21H,22-24H2,1-4H3. The van der Waals surface area contributed by atoms with Gasteiger partial charge in [0, 0.05) is 24.7 Å². The summed E-state index contributed by atoms with van der Waals surface area (Å²) in [5.41, 5.74) is 3.72. The monoisotopic (exact) mass is 741 g/mol. The number of methoxy groups -OCH3 is 1. The lowest BCUT2D eigenvalue weighted by Crippen LogP contribution is -2.27. The van der Waals surface area contributed by atoms with Crippen LogP contribution in [0.2, 0.25) is 0 Å². The Morgan fingerprint density at radius 3 is 1.85 bits per heavy atom. The lowest BCUT2D eigenvalue weighted by molar-refractivity contribution is 0.0596. The predicted molar refractivity (Wildman–Crippen MR) is 191 cm³/mol. The smallest absolute Gasteiger partial charge is 0.339 e. The fraction of sp³-hybridized carbons (Fsp3) is 0.179. The Labute approximate surface area is 302 Å². The molecular formula is C39H35NO10S2. The fourth-order valence-corrected chi connectivity index (χ4v) is 7.65. The summed E-state index contributed by atoms with van der Waals surface area (Å²) in [4.78, 5) is 28.3. The zero-order valence-corrected chi connectivity index (χ0v) is 30.4. The third-order valence-electron chi connectivity index (χ3n) is 8.58. The number of carbonyl (C=O) groups is 2. The molecule has 13 heteroatoms. The van der Waals surface area contributed by atoms with Crippen LogP contribution in [-0.4, -0.2) is 40.7 Å². The van der Waals surface area contributed by atoms with E-state index in [0.29, 0.717) is 16.7 Å². The van der Waals surface area contributed by atoms with E-state index in [4.69, 9.17) is 17.8 Å². The van der Waals surface area contributed by atoms with Crippen LogP contribution in [0.4, 0.5) is 0 Å². The van der Waals surface area contributed by atoms with Gasteiger partial charge in [-0.1, -0.05) is 77.9 Å². The lowest BCUT2D eigenvalue weighted by atomic mass is 10.0. The molecule has 0 radical (unpaired) electrons. The molecule has 0 N–H and O–H groups in total. The van der Waals surface area contributed by atoms with Gasteiger partial charge in [0.25, 0.3) is 5.91 Å². The summed E-state index contributed by atoms with van der Waals surface area (Å²) in [6, 6.07) is 27.0. The van der Waals surface area contributed by atoms with Crippen LogP contribution >= 0.6 is 0 Å². The highest BCUT2D eigenvalue weighted by Crippen LogP contribution is 2.43. The van der Waals surface area contributed by atoms with Gasteiger partial charge in [0.1, 0.15) is 27.7 Å². The summed E-state index contributed by atoms with van der Waals surface area (Å²) in [5, 5.41) is 0. The number of benzene rings is 5. The summed E-state index contributed by atoms with van der Waals surface area (Å²) in [5.74, 6) is -2.24. The SMILES string of the molecule is COC(=O)c1cccc2c1CN(C(=O)c1c(OS(=O)(=O)c3ccc(C)cc3)cc(OS(=O)(=O)c3ccc(C)cc3)c(C)c1OCc1ccccc1)C2. The number of hydrogen-bond donors (Lipinski definition) is 0. The summed E-state index contributed by atoms with van der Waals surface area (Å²) in [6.07, 6.45) is 0. The van der Waals surface area contributed by atoms with Crippen molar-refractivity contribution in [2.24, 2.45) is 0 Å². The number of esters is 1. The predicted octanol–water partition coefficient (Wildman–Crippen LogP) is 6.67. The van der Waals surface area contributed by atoms with Crippen molar-refractivity contribution in [3.63, 3.8) is 0 Å². The van der Waals surface area contributed by atoms with E-state index in [2.05, 4.69) is 0 Å². The molecule has 0 atom stereocenters. The third-order valence-corrected chi connectivity index (χ3v) is 11.1. The minimum atomic E-state index is -4.59. The maximum absolute atomic E-state index is 14.7. The van der Waals surface area contributed by atoms with Crippen LogP contribution in [0, 0.1) is 20.8 Å². The number of rotatable bonds is 11. The number of amides is 1. The van der Waals surface area contributed by atoms with E-state index >= 15 is 0 Å². The number of aryl methyl sites for hydroxylation is 2. The molecule has 11 nitrogen and oxygen atoms in total. The Balaban J connectivity index is 1.51.